The molecule has 104 valence electrons. The third kappa shape index (κ3) is 3.16. The van der Waals surface area contributed by atoms with E-state index in [0.29, 0.717) is 10.6 Å². The van der Waals surface area contributed by atoms with Crippen LogP contribution in [-0.2, 0) is 9.53 Å². The van der Waals surface area contributed by atoms with Crippen LogP contribution in [0.15, 0.2) is 36.4 Å². The van der Waals surface area contributed by atoms with Crippen LogP contribution in [-0.4, -0.2) is 30.7 Å². The quantitative estimate of drug-likeness (QED) is 0.828. The molecule has 0 saturated heterocycles. The molecule has 20 heavy (non-hydrogen) atoms. The Morgan fingerprint density at radius 2 is 2.00 bits per heavy atom. The van der Waals surface area contributed by atoms with Crippen LogP contribution in [0.2, 0.25) is 0 Å². The first-order valence-electron chi connectivity index (χ1n) is 5.87. The van der Waals surface area contributed by atoms with E-state index in [1.54, 1.807) is 7.05 Å². The number of carboxylic acids is 1. The number of nitrogens with one attached hydrogen (secondary N) is 1. The van der Waals surface area contributed by atoms with E-state index in [-0.39, 0.29) is 0 Å². The summed E-state index contributed by atoms with van der Waals surface area (Å²) in [6.07, 6.45) is 0. The molecule has 1 heterocycles. The second-order valence-corrected chi connectivity index (χ2v) is 4.99. The van der Waals surface area contributed by atoms with Crippen LogP contribution in [0.4, 0.5) is 5.69 Å². The molecule has 1 aromatic carbocycles. The minimum absolute atomic E-state index is 0.368. The number of carboxylic acid groups (broad SMARTS) is 1. The van der Waals surface area contributed by atoms with Gasteiger partial charge < -0.3 is 15.2 Å². The number of esters is 1. The highest BCUT2D eigenvalue weighted by Gasteiger charge is 2.18. The average Bonchev–Trinajstić information content (AvgIpc) is 2.90. The molecular weight excluding hydrogens is 278 g/mol. The Kier molecular flexibility index (Phi) is 4.37. The largest absolute Gasteiger partial charge is 0.479 e. The molecule has 0 atom stereocenters. The van der Waals surface area contributed by atoms with Crippen molar-refractivity contribution >= 4 is 29.0 Å². The van der Waals surface area contributed by atoms with Crippen LogP contribution in [0.5, 0.6) is 0 Å². The van der Waals surface area contributed by atoms with Crippen LogP contribution in [0.25, 0.3) is 10.4 Å². The predicted octanol–water partition coefficient (Wildman–Crippen LogP) is 2.70. The third-order valence-corrected chi connectivity index (χ3v) is 3.74. The number of anilines is 1. The monoisotopic (exact) mass is 291 g/mol. The second kappa shape index (κ2) is 6.21. The highest BCUT2D eigenvalue weighted by molar-refractivity contribution is 7.18. The lowest BCUT2D eigenvalue weighted by Gasteiger charge is -2.02. The lowest BCUT2D eigenvalue weighted by Crippen LogP contribution is -2.13. The van der Waals surface area contributed by atoms with Gasteiger partial charge in [-0.1, -0.05) is 30.3 Å². The summed E-state index contributed by atoms with van der Waals surface area (Å²) in [7, 11) is 1.70. The molecule has 2 N–H and O–H groups in total. The van der Waals surface area contributed by atoms with Crippen molar-refractivity contribution < 1.29 is 19.4 Å². The van der Waals surface area contributed by atoms with Crippen molar-refractivity contribution in [3.05, 3.63) is 41.3 Å². The highest BCUT2D eigenvalue weighted by Crippen LogP contribution is 2.34. The maximum Gasteiger partial charge on any atom is 0.351 e. The van der Waals surface area contributed by atoms with Gasteiger partial charge in [0.15, 0.2) is 6.61 Å². The van der Waals surface area contributed by atoms with Gasteiger partial charge in [0.2, 0.25) is 0 Å². The van der Waals surface area contributed by atoms with Crippen molar-refractivity contribution in [1.82, 2.24) is 0 Å². The lowest BCUT2D eigenvalue weighted by atomic mass is 10.2. The van der Waals surface area contributed by atoms with Gasteiger partial charge in [-0.25, -0.2) is 9.59 Å². The first-order chi connectivity index (χ1) is 9.61. The molecule has 0 aliphatic heterocycles. The summed E-state index contributed by atoms with van der Waals surface area (Å²) < 4.78 is 4.71. The molecule has 0 saturated carbocycles. The Bertz CT molecular complexity index is 621. The molecule has 6 heteroatoms. The zero-order chi connectivity index (χ0) is 14.5. The molecule has 0 aliphatic carbocycles. The van der Waals surface area contributed by atoms with Crippen molar-refractivity contribution in [3.8, 4) is 10.4 Å². The van der Waals surface area contributed by atoms with Gasteiger partial charge in [0.05, 0.1) is 5.69 Å². The number of carbonyl (C=O) groups is 2. The summed E-state index contributed by atoms with van der Waals surface area (Å²) in [5.74, 6) is -1.81. The minimum Gasteiger partial charge on any atom is -0.479 e. The Morgan fingerprint density at radius 1 is 1.30 bits per heavy atom. The maximum atomic E-state index is 11.9. The average molecular weight is 291 g/mol. The number of hydrogen-bond acceptors (Lipinski definition) is 5. The van der Waals surface area contributed by atoms with E-state index in [2.05, 4.69) is 5.32 Å². The second-order valence-electron chi connectivity index (χ2n) is 3.94. The summed E-state index contributed by atoms with van der Waals surface area (Å²) >= 11 is 1.27. The van der Waals surface area contributed by atoms with Crippen molar-refractivity contribution in [2.45, 2.75) is 0 Å². The van der Waals surface area contributed by atoms with Gasteiger partial charge in [-0.15, -0.1) is 11.3 Å². The first-order valence-corrected chi connectivity index (χ1v) is 6.69. The van der Waals surface area contributed by atoms with Gasteiger partial charge >= 0.3 is 11.9 Å². The molecule has 0 aliphatic rings. The maximum absolute atomic E-state index is 11.9. The molecule has 0 radical (unpaired) electrons. The topological polar surface area (TPSA) is 75.6 Å². The van der Waals surface area contributed by atoms with Crippen LogP contribution in [0, 0.1) is 0 Å². The predicted molar refractivity (Wildman–Crippen MR) is 77.2 cm³/mol. The normalized spacial score (nSPS) is 10.1. The zero-order valence-corrected chi connectivity index (χ0v) is 11.6. The van der Waals surface area contributed by atoms with E-state index >= 15 is 0 Å². The number of benzene rings is 1. The van der Waals surface area contributed by atoms with Crippen LogP contribution < -0.4 is 5.32 Å². The number of hydrogen-bond donors (Lipinski definition) is 2. The summed E-state index contributed by atoms with van der Waals surface area (Å²) in [6.45, 7) is -0.638. The Balaban J connectivity index is 2.27. The van der Waals surface area contributed by atoms with Gasteiger partial charge in [0.25, 0.3) is 0 Å². The molecular formula is C14H13NO4S. The molecule has 0 fully saturated rings. The number of rotatable bonds is 5. The molecule has 0 spiro atoms. The van der Waals surface area contributed by atoms with Crippen molar-refractivity contribution in [2.24, 2.45) is 0 Å². The third-order valence-electron chi connectivity index (χ3n) is 2.57. The summed E-state index contributed by atoms with van der Waals surface area (Å²) in [5, 5.41) is 11.4. The van der Waals surface area contributed by atoms with E-state index in [0.717, 1.165) is 10.4 Å². The van der Waals surface area contributed by atoms with E-state index in [1.165, 1.54) is 11.3 Å². The highest BCUT2D eigenvalue weighted by atomic mass is 32.1. The fraction of sp³-hybridized carbons (Fsp3) is 0.143. The van der Waals surface area contributed by atoms with Gasteiger partial charge in [0.1, 0.15) is 4.88 Å². The Morgan fingerprint density at radius 3 is 2.60 bits per heavy atom. The van der Waals surface area contributed by atoms with E-state index in [9.17, 15) is 9.59 Å². The van der Waals surface area contributed by atoms with Crippen molar-refractivity contribution in [1.29, 1.82) is 0 Å². The van der Waals surface area contributed by atoms with Gasteiger partial charge in [-0.05, 0) is 11.6 Å². The van der Waals surface area contributed by atoms with Crippen molar-refractivity contribution in [3.63, 3.8) is 0 Å². The molecule has 0 amide bonds. The van der Waals surface area contributed by atoms with E-state index in [4.69, 9.17) is 9.84 Å². The molecule has 0 bridgehead atoms. The van der Waals surface area contributed by atoms with Crippen LogP contribution >= 0.6 is 11.3 Å². The fourth-order valence-electron chi connectivity index (χ4n) is 1.67. The van der Waals surface area contributed by atoms with Gasteiger partial charge in [0, 0.05) is 11.9 Å². The summed E-state index contributed by atoms with van der Waals surface area (Å²) in [5.41, 5.74) is 1.62. The molecule has 1 aromatic heterocycles. The Hall–Kier alpha value is -2.34. The van der Waals surface area contributed by atoms with Gasteiger partial charge in [-0.2, -0.15) is 0 Å². The van der Waals surface area contributed by atoms with Crippen LogP contribution in [0.1, 0.15) is 9.67 Å². The zero-order valence-electron chi connectivity index (χ0n) is 10.8. The van der Waals surface area contributed by atoms with Crippen molar-refractivity contribution in [2.75, 3.05) is 19.0 Å². The van der Waals surface area contributed by atoms with E-state index in [1.807, 2.05) is 36.4 Å². The SMILES string of the molecule is CNc1cc(-c2ccccc2)sc1C(=O)OCC(=O)O. The first kappa shape index (κ1) is 14.1. The summed E-state index contributed by atoms with van der Waals surface area (Å²) in [6, 6.07) is 11.5. The fourth-order valence-corrected chi connectivity index (χ4v) is 2.73. The van der Waals surface area contributed by atoms with Crippen LogP contribution in [0.3, 0.4) is 0 Å². The molecule has 2 rings (SSSR count). The smallest absolute Gasteiger partial charge is 0.351 e. The Labute approximate surface area is 119 Å². The lowest BCUT2D eigenvalue weighted by molar-refractivity contribution is -0.140. The molecule has 2 aromatic rings. The molecule has 0 unspecified atom stereocenters. The van der Waals surface area contributed by atoms with Gasteiger partial charge in [-0.3, -0.25) is 0 Å². The molecule has 5 nitrogen and oxygen atoms in total. The number of thiophene rings is 1. The number of carbonyl (C=O) groups excluding carboxylic acids is 1. The minimum atomic E-state index is -1.18. The summed E-state index contributed by atoms with van der Waals surface area (Å²) in [4.78, 5) is 23.6. The standard InChI is InChI=1S/C14H13NO4S/c1-15-10-7-11(9-5-3-2-4-6-9)20-13(10)14(18)19-8-12(16)17/h2-7,15H,8H2,1H3,(H,16,17). The number of ether oxygens (including phenoxy) is 1. The van der Waals surface area contributed by atoms with E-state index < -0.39 is 18.5 Å². The number of aliphatic carboxylic acids is 1.